The maximum Gasteiger partial charge on any atom is 0.269 e. The van der Waals surface area contributed by atoms with Crippen molar-refractivity contribution >= 4 is 23.1 Å². The zero-order valence-electron chi connectivity index (χ0n) is 11.3. The number of amides is 1. The van der Waals surface area contributed by atoms with Gasteiger partial charge in [-0.1, -0.05) is 17.5 Å². The lowest BCUT2D eigenvalue weighted by Gasteiger charge is -2.18. The molecule has 1 aromatic carbocycles. The van der Waals surface area contributed by atoms with Crippen molar-refractivity contribution in [1.82, 2.24) is 14.9 Å². The number of anilines is 1. The number of carbonyl (C=O) groups is 1. The zero-order chi connectivity index (χ0) is 13.9. The van der Waals surface area contributed by atoms with Gasteiger partial charge < -0.3 is 10.6 Å². The standard InChI is InChI=1S/C14H16N4OS/c1-2-12-13(20-18-17-12)14(19)16-11-4-3-9-5-6-15-8-10(9)7-11/h3-4,7,15H,2,5-6,8H2,1H3,(H,16,19). The number of fused-ring (bicyclic) bond motifs is 1. The first-order chi connectivity index (χ1) is 9.78. The Balaban J connectivity index is 1.79. The number of hydrogen-bond donors (Lipinski definition) is 2. The van der Waals surface area contributed by atoms with E-state index in [1.807, 2.05) is 19.1 Å². The van der Waals surface area contributed by atoms with Crippen LogP contribution >= 0.6 is 11.5 Å². The number of aromatic nitrogens is 2. The average Bonchev–Trinajstić information content (AvgIpc) is 2.95. The highest BCUT2D eigenvalue weighted by Crippen LogP contribution is 2.20. The van der Waals surface area contributed by atoms with Crippen LogP contribution in [0.2, 0.25) is 0 Å². The van der Waals surface area contributed by atoms with Crippen molar-refractivity contribution in [3.8, 4) is 0 Å². The maximum atomic E-state index is 12.2. The SMILES string of the molecule is CCc1nnsc1C(=O)Nc1ccc2c(c1)CNCC2. The summed E-state index contributed by atoms with van der Waals surface area (Å²) in [7, 11) is 0. The highest BCUT2D eigenvalue weighted by atomic mass is 32.1. The van der Waals surface area contributed by atoms with Gasteiger partial charge in [0.05, 0.1) is 5.69 Å². The Labute approximate surface area is 121 Å². The van der Waals surface area contributed by atoms with Crippen LogP contribution in [-0.4, -0.2) is 22.0 Å². The lowest BCUT2D eigenvalue weighted by Crippen LogP contribution is -2.23. The summed E-state index contributed by atoms with van der Waals surface area (Å²) < 4.78 is 3.85. The van der Waals surface area contributed by atoms with Crippen molar-refractivity contribution in [3.05, 3.63) is 39.9 Å². The summed E-state index contributed by atoms with van der Waals surface area (Å²) in [6.45, 7) is 3.85. The van der Waals surface area contributed by atoms with E-state index in [9.17, 15) is 4.79 Å². The van der Waals surface area contributed by atoms with Gasteiger partial charge in [0.15, 0.2) is 0 Å². The van der Waals surface area contributed by atoms with Crippen molar-refractivity contribution in [3.63, 3.8) is 0 Å². The second kappa shape index (κ2) is 5.68. The van der Waals surface area contributed by atoms with Gasteiger partial charge in [-0.25, -0.2) is 0 Å². The predicted molar refractivity (Wildman–Crippen MR) is 79.1 cm³/mol. The number of benzene rings is 1. The van der Waals surface area contributed by atoms with Crippen LogP contribution in [0.5, 0.6) is 0 Å². The van der Waals surface area contributed by atoms with Gasteiger partial charge in [0.25, 0.3) is 5.91 Å². The normalized spacial score (nSPS) is 13.8. The van der Waals surface area contributed by atoms with E-state index in [4.69, 9.17) is 0 Å². The zero-order valence-corrected chi connectivity index (χ0v) is 12.1. The molecule has 0 spiro atoms. The van der Waals surface area contributed by atoms with Gasteiger partial charge in [-0.3, -0.25) is 4.79 Å². The molecule has 2 N–H and O–H groups in total. The lowest BCUT2D eigenvalue weighted by atomic mass is 10.0. The van der Waals surface area contributed by atoms with E-state index in [1.54, 1.807) is 0 Å². The molecule has 0 radical (unpaired) electrons. The summed E-state index contributed by atoms with van der Waals surface area (Å²) in [4.78, 5) is 12.8. The molecule has 6 heteroatoms. The third kappa shape index (κ3) is 2.57. The molecular weight excluding hydrogens is 272 g/mol. The molecule has 0 saturated heterocycles. The number of carbonyl (C=O) groups excluding carboxylic acids is 1. The maximum absolute atomic E-state index is 12.2. The summed E-state index contributed by atoms with van der Waals surface area (Å²) in [5.74, 6) is -0.124. The first kappa shape index (κ1) is 13.2. The van der Waals surface area contributed by atoms with E-state index in [-0.39, 0.29) is 5.91 Å². The molecule has 20 heavy (non-hydrogen) atoms. The fraction of sp³-hybridized carbons (Fsp3) is 0.357. The lowest BCUT2D eigenvalue weighted by molar-refractivity contribution is 0.102. The van der Waals surface area contributed by atoms with E-state index < -0.39 is 0 Å². The van der Waals surface area contributed by atoms with Crippen LogP contribution in [0.25, 0.3) is 0 Å². The van der Waals surface area contributed by atoms with Crippen LogP contribution in [-0.2, 0) is 19.4 Å². The molecule has 1 amide bonds. The third-order valence-electron chi connectivity index (χ3n) is 3.45. The molecular formula is C14H16N4OS. The Kier molecular flexibility index (Phi) is 3.75. The monoisotopic (exact) mass is 288 g/mol. The van der Waals surface area contributed by atoms with Gasteiger partial charge in [-0.15, -0.1) is 5.10 Å². The summed E-state index contributed by atoms with van der Waals surface area (Å²) in [6, 6.07) is 6.10. The minimum Gasteiger partial charge on any atom is -0.321 e. The topological polar surface area (TPSA) is 66.9 Å². The number of nitrogens with one attached hydrogen (secondary N) is 2. The molecule has 0 aliphatic carbocycles. The smallest absolute Gasteiger partial charge is 0.269 e. The molecule has 0 fully saturated rings. The Bertz CT molecular complexity index is 638. The van der Waals surface area contributed by atoms with Gasteiger partial charge >= 0.3 is 0 Å². The molecule has 2 aromatic rings. The molecule has 1 aliphatic rings. The van der Waals surface area contributed by atoms with Crippen LogP contribution in [0, 0.1) is 0 Å². The molecule has 0 atom stereocenters. The van der Waals surface area contributed by atoms with Crippen LogP contribution in [0.15, 0.2) is 18.2 Å². The largest absolute Gasteiger partial charge is 0.321 e. The molecule has 5 nitrogen and oxygen atoms in total. The second-order valence-electron chi connectivity index (χ2n) is 4.77. The van der Waals surface area contributed by atoms with Gasteiger partial charge in [0.1, 0.15) is 4.88 Å². The van der Waals surface area contributed by atoms with Gasteiger partial charge in [-0.2, -0.15) is 0 Å². The minimum atomic E-state index is -0.124. The van der Waals surface area contributed by atoms with Crippen LogP contribution in [0.1, 0.15) is 33.4 Å². The van der Waals surface area contributed by atoms with Crippen molar-refractivity contribution in [2.75, 3.05) is 11.9 Å². The second-order valence-corrected chi connectivity index (χ2v) is 5.52. The molecule has 1 aromatic heterocycles. The van der Waals surface area contributed by atoms with Crippen LogP contribution in [0.3, 0.4) is 0 Å². The molecule has 104 valence electrons. The molecule has 0 bridgehead atoms. The summed E-state index contributed by atoms with van der Waals surface area (Å²) in [5, 5.41) is 10.2. The first-order valence-corrected chi connectivity index (χ1v) is 7.50. The van der Waals surface area contributed by atoms with E-state index in [1.165, 1.54) is 11.1 Å². The van der Waals surface area contributed by atoms with Crippen molar-refractivity contribution < 1.29 is 4.79 Å². The summed E-state index contributed by atoms with van der Waals surface area (Å²) >= 11 is 1.14. The number of nitrogens with zero attached hydrogens (tertiary/aromatic N) is 2. The minimum absolute atomic E-state index is 0.124. The molecule has 1 aliphatic heterocycles. The highest BCUT2D eigenvalue weighted by molar-refractivity contribution is 7.08. The van der Waals surface area contributed by atoms with E-state index >= 15 is 0 Å². The Hall–Kier alpha value is -1.79. The van der Waals surface area contributed by atoms with E-state index in [0.29, 0.717) is 11.3 Å². The van der Waals surface area contributed by atoms with Crippen molar-refractivity contribution in [2.24, 2.45) is 0 Å². The summed E-state index contributed by atoms with van der Waals surface area (Å²) in [5.41, 5.74) is 4.20. The van der Waals surface area contributed by atoms with E-state index in [2.05, 4.69) is 26.3 Å². The van der Waals surface area contributed by atoms with Crippen LogP contribution in [0.4, 0.5) is 5.69 Å². The number of aryl methyl sites for hydroxylation is 1. The summed E-state index contributed by atoms with van der Waals surface area (Å²) in [6.07, 6.45) is 1.76. The van der Waals surface area contributed by atoms with Crippen molar-refractivity contribution in [2.45, 2.75) is 26.3 Å². The Morgan fingerprint density at radius 2 is 2.35 bits per heavy atom. The Morgan fingerprint density at radius 1 is 1.45 bits per heavy atom. The fourth-order valence-corrected chi connectivity index (χ4v) is 3.00. The molecule has 2 heterocycles. The van der Waals surface area contributed by atoms with Gasteiger partial charge in [-0.05, 0) is 54.2 Å². The highest BCUT2D eigenvalue weighted by Gasteiger charge is 2.16. The molecule has 0 saturated carbocycles. The van der Waals surface area contributed by atoms with Crippen LogP contribution < -0.4 is 10.6 Å². The Morgan fingerprint density at radius 3 is 3.20 bits per heavy atom. The fourth-order valence-electron chi connectivity index (χ4n) is 2.36. The van der Waals surface area contributed by atoms with Crippen molar-refractivity contribution in [1.29, 1.82) is 0 Å². The third-order valence-corrected chi connectivity index (χ3v) is 4.21. The quantitative estimate of drug-likeness (QED) is 0.906. The number of hydrogen-bond acceptors (Lipinski definition) is 5. The first-order valence-electron chi connectivity index (χ1n) is 6.73. The van der Waals surface area contributed by atoms with Gasteiger partial charge in [0.2, 0.25) is 0 Å². The average molecular weight is 288 g/mol. The van der Waals surface area contributed by atoms with Gasteiger partial charge in [0, 0.05) is 12.2 Å². The number of rotatable bonds is 3. The molecule has 3 rings (SSSR count). The molecule has 0 unspecified atom stereocenters. The van der Waals surface area contributed by atoms with E-state index in [0.717, 1.165) is 42.4 Å². The predicted octanol–water partition coefficient (Wildman–Crippen LogP) is 2.00.